The van der Waals surface area contributed by atoms with Crippen molar-refractivity contribution in [1.29, 1.82) is 0 Å². The lowest BCUT2D eigenvalue weighted by Crippen LogP contribution is -2.37. The SMILES string of the molecule is COCCCOCCNC(CO)CO. The van der Waals surface area contributed by atoms with Gasteiger partial charge in [0.25, 0.3) is 0 Å². The second kappa shape index (κ2) is 10.9. The van der Waals surface area contributed by atoms with Crippen LogP contribution in [0.1, 0.15) is 6.42 Å². The number of hydrogen-bond acceptors (Lipinski definition) is 5. The predicted molar refractivity (Wildman–Crippen MR) is 53.3 cm³/mol. The summed E-state index contributed by atoms with van der Waals surface area (Å²) in [5, 5.41) is 20.4. The van der Waals surface area contributed by atoms with Gasteiger partial charge in [0.05, 0.1) is 25.9 Å². The van der Waals surface area contributed by atoms with Crippen LogP contribution in [0.25, 0.3) is 0 Å². The van der Waals surface area contributed by atoms with E-state index in [9.17, 15) is 0 Å². The minimum absolute atomic E-state index is 0.0554. The van der Waals surface area contributed by atoms with Gasteiger partial charge in [0.2, 0.25) is 0 Å². The van der Waals surface area contributed by atoms with Crippen molar-refractivity contribution in [1.82, 2.24) is 5.32 Å². The third-order valence-electron chi connectivity index (χ3n) is 1.76. The standard InChI is InChI=1S/C9H21NO4/c1-13-4-2-5-14-6-3-10-9(7-11)8-12/h9-12H,2-8H2,1H3. The Balaban J connectivity index is 3.04. The zero-order valence-corrected chi connectivity index (χ0v) is 8.74. The number of nitrogens with one attached hydrogen (secondary N) is 1. The van der Waals surface area contributed by atoms with Gasteiger partial charge in [-0.1, -0.05) is 0 Å². The third kappa shape index (κ3) is 8.40. The van der Waals surface area contributed by atoms with E-state index >= 15 is 0 Å². The maximum atomic E-state index is 8.72. The molecule has 0 amide bonds. The second-order valence-electron chi connectivity index (χ2n) is 2.97. The van der Waals surface area contributed by atoms with E-state index in [2.05, 4.69) is 5.32 Å². The smallest absolute Gasteiger partial charge is 0.0607 e. The fourth-order valence-electron chi connectivity index (χ4n) is 0.929. The molecule has 5 heteroatoms. The minimum Gasteiger partial charge on any atom is -0.395 e. The van der Waals surface area contributed by atoms with E-state index in [1.54, 1.807) is 7.11 Å². The van der Waals surface area contributed by atoms with Crippen LogP contribution in [0, 0.1) is 0 Å². The summed E-state index contributed by atoms with van der Waals surface area (Å²) in [6, 6.07) is -0.238. The number of aliphatic hydroxyl groups is 2. The van der Waals surface area contributed by atoms with E-state index in [4.69, 9.17) is 19.7 Å². The predicted octanol–water partition coefficient (Wildman–Crippen LogP) is -1.02. The lowest BCUT2D eigenvalue weighted by atomic mass is 10.3. The van der Waals surface area contributed by atoms with Crippen LogP contribution in [0.2, 0.25) is 0 Å². The molecule has 0 saturated carbocycles. The van der Waals surface area contributed by atoms with Crippen LogP contribution in [0.3, 0.4) is 0 Å². The Morgan fingerprint density at radius 1 is 1.14 bits per heavy atom. The van der Waals surface area contributed by atoms with E-state index in [0.717, 1.165) is 6.42 Å². The highest BCUT2D eigenvalue weighted by Gasteiger charge is 2.02. The molecule has 0 rings (SSSR count). The number of ether oxygens (including phenoxy) is 2. The molecule has 0 unspecified atom stereocenters. The van der Waals surface area contributed by atoms with Gasteiger partial charge in [-0.15, -0.1) is 0 Å². The Kier molecular flexibility index (Phi) is 10.7. The summed E-state index contributed by atoms with van der Waals surface area (Å²) in [6.45, 7) is 2.50. The van der Waals surface area contributed by atoms with Crippen LogP contribution in [0.5, 0.6) is 0 Å². The second-order valence-corrected chi connectivity index (χ2v) is 2.97. The Hall–Kier alpha value is -0.200. The van der Waals surface area contributed by atoms with Crippen molar-refractivity contribution in [3.05, 3.63) is 0 Å². The van der Waals surface area contributed by atoms with Crippen molar-refractivity contribution in [2.45, 2.75) is 12.5 Å². The molecule has 0 aromatic carbocycles. The van der Waals surface area contributed by atoms with Gasteiger partial charge in [0.15, 0.2) is 0 Å². The highest BCUT2D eigenvalue weighted by molar-refractivity contribution is 4.62. The van der Waals surface area contributed by atoms with E-state index in [1.165, 1.54) is 0 Å². The molecule has 0 aliphatic rings. The van der Waals surface area contributed by atoms with Crippen molar-refractivity contribution >= 4 is 0 Å². The summed E-state index contributed by atoms with van der Waals surface area (Å²) in [5.74, 6) is 0. The molecular formula is C9H21NO4. The van der Waals surface area contributed by atoms with Crippen molar-refractivity contribution in [2.75, 3.05) is 46.7 Å². The Morgan fingerprint density at radius 2 is 1.86 bits per heavy atom. The number of methoxy groups -OCH3 is 1. The maximum absolute atomic E-state index is 8.72. The zero-order valence-electron chi connectivity index (χ0n) is 8.74. The Morgan fingerprint density at radius 3 is 2.43 bits per heavy atom. The molecule has 3 N–H and O–H groups in total. The van der Waals surface area contributed by atoms with Crippen LogP contribution >= 0.6 is 0 Å². The molecule has 14 heavy (non-hydrogen) atoms. The summed E-state index contributed by atoms with van der Waals surface area (Å²) in [7, 11) is 1.66. The van der Waals surface area contributed by atoms with Crippen LogP contribution in [-0.4, -0.2) is 62.9 Å². The third-order valence-corrected chi connectivity index (χ3v) is 1.76. The molecular weight excluding hydrogens is 186 g/mol. The van der Waals surface area contributed by atoms with Gasteiger partial charge in [-0.05, 0) is 6.42 Å². The lowest BCUT2D eigenvalue weighted by Gasteiger charge is -2.12. The first-order valence-electron chi connectivity index (χ1n) is 4.87. The number of rotatable bonds is 10. The van der Waals surface area contributed by atoms with Gasteiger partial charge < -0.3 is 25.0 Å². The van der Waals surface area contributed by atoms with Crippen molar-refractivity contribution < 1.29 is 19.7 Å². The van der Waals surface area contributed by atoms with Gasteiger partial charge in [0.1, 0.15) is 0 Å². The molecule has 0 saturated heterocycles. The molecule has 0 bridgehead atoms. The average Bonchev–Trinajstić information content (AvgIpc) is 2.22. The monoisotopic (exact) mass is 207 g/mol. The summed E-state index contributed by atoms with van der Waals surface area (Å²) in [4.78, 5) is 0. The van der Waals surface area contributed by atoms with Crippen LogP contribution in [0.15, 0.2) is 0 Å². The molecule has 0 aromatic heterocycles. The van der Waals surface area contributed by atoms with Gasteiger partial charge >= 0.3 is 0 Å². The number of aliphatic hydroxyl groups excluding tert-OH is 2. The van der Waals surface area contributed by atoms with Crippen molar-refractivity contribution in [2.24, 2.45) is 0 Å². The largest absolute Gasteiger partial charge is 0.395 e. The summed E-state index contributed by atoms with van der Waals surface area (Å²) in [6.07, 6.45) is 0.889. The van der Waals surface area contributed by atoms with E-state index in [1.807, 2.05) is 0 Å². The topological polar surface area (TPSA) is 71.0 Å². The first kappa shape index (κ1) is 13.8. The van der Waals surface area contributed by atoms with E-state index in [0.29, 0.717) is 26.4 Å². The number of hydrogen-bond donors (Lipinski definition) is 3. The fourth-order valence-corrected chi connectivity index (χ4v) is 0.929. The van der Waals surface area contributed by atoms with Crippen LogP contribution < -0.4 is 5.32 Å². The van der Waals surface area contributed by atoms with Gasteiger partial charge in [-0.25, -0.2) is 0 Å². The molecule has 0 fully saturated rings. The molecule has 86 valence electrons. The zero-order chi connectivity index (χ0) is 10.6. The minimum atomic E-state index is -0.238. The molecule has 0 aromatic rings. The van der Waals surface area contributed by atoms with Crippen LogP contribution in [-0.2, 0) is 9.47 Å². The van der Waals surface area contributed by atoms with Gasteiger partial charge in [0, 0.05) is 26.9 Å². The van der Waals surface area contributed by atoms with E-state index in [-0.39, 0.29) is 19.3 Å². The normalized spacial score (nSPS) is 11.1. The molecule has 0 atom stereocenters. The van der Waals surface area contributed by atoms with Gasteiger partial charge in [-0.2, -0.15) is 0 Å². The highest BCUT2D eigenvalue weighted by Crippen LogP contribution is 1.84. The molecule has 5 nitrogen and oxygen atoms in total. The summed E-state index contributed by atoms with van der Waals surface area (Å²) >= 11 is 0. The fraction of sp³-hybridized carbons (Fsp3) is 1.00. The maximum Gasteiger partial charge on any atom is 0.0607 e. The molecule has 0 heterocycles. The molecule has 0 aliphatic carbocycles. The average molecular weight is 207 g/mol. The van der Waals surface area contributed by atoms with Crippen LogP contribution in [0.4, 0.5) is 0 Å². The van der Waals surface area contributed by atoms with Gasteiger partial charge in [-0.3, -0.25) is 0 Å². The Bertz CT molecular complexity index is 109. The molecule has 0 spiro atoms. The van der Waals surface area contributed by atoms with E-state index < -0.39 is 0 Å². The lowest BCUT2D eigenvalue weighted by molar-refractivity contribution is 0.0975. The first-order chi connectivity index (χ1) is 6.85. The summed E-state index contributed by atoms with van der Waals surface area (Å²) in [5.41, 5.74) is 0. The first-order valence-corrected chi connectivity index (χ1v) is 4.87. The quantitative estimate of drug-likeness (QED) is 0.400. The van der Waals surface area contributed by atoms with Crippen molar-refractivity contribution in [3.63, 3.8) is 0 Å². The Labute approximate surface area is 85.0 Å². The molecule has 0 radical (unpaired) electrons. The van der Waals surface area contributed by atoms with Crippen molar-refractivity contribution in [3.8, 4) is 0 Å². The highest BCUT2D eigenvalue weighted by atomic mass is 16.5. The molecule has 0 aliphatic heterocycles. The summed E-state index contributed by atoms with van der Waals surface area (Å²) < 4.78 is 10.1.